The van der Waals surface area contributed by atoms with Crippen LogP contribution in [-0.2, 0) is 14.3 Å². The maximum Gasteiger partial charge on any atom is 0.316 e. The SMILES string of the molecule is CC(C)(C)C(C(=O)O)C(=O)NC1CCOCC1. The van der Waals surface area contributed by atoms with Crippen molar-refractivity contribution in [1.82, 2.24) is 5.32 Å². The molecule has 0 spiro atoms. The molecule has 1 aliphatic rings. The maximum absolute atomic E-state index is 12.0. The molecule has 98 valence electrons. The molecule has 2 N–H and O–H groups in total. The van der Waals surface area contributed by atoms with E-state index in [2.05, 4.69) is 5.32 Å². The highest BCUT2D eigenvalue weighted by molar-refractivity contribution is 5.97. The Bertz CT molecular complexity index is 289. The Kier molecular flexibility index (Phi) is 4.51. The first-order valence-corrected chi connectivity index (χ1v) is 5.93. The molecule has 1 unspecified atom stereocenters. The Morgan fingerprint density at radius 3 is 2.24 bits per heavy atom. The summed E-state index contributed by atoms with van der Waals surface area (Å²) >= 11 is 0. The first-order valence-electron chi connectivity index (χ1n) is 5.93. The first kappa shape index (κ1) is 14.0. The zero-order valence-corrected chi connectivity index (χ0v) is 10.7. The average molecular weight is 243 g/mol. The summed E-state index contributed by atoms with van der Waals surface area (Å²) in [6.45, 7) is 6.52. The molecule has 1 amide bonds. The second-order valence-electron chi connectivity index (χ2n) is 5.53. The lowest BCUT2D eigenvalue weighted by Gasteiger charge is -2.29. The van der Waals surface area contributed by atoms with Gasteiger partial charge in [-0.15, -0.1) is 0 Å². The van der Waals surface area contributed by atoms with Gasteiger partial charge in [-0.3, -0.25) is 9.59 Å². The third-order valence-electron chi connectivity index (χ3n) is 2.94. The molecule has 1 heterocycles. The molecular formula is C12H21NO4. The average Bonchev–Trinajstić information content (AvgIpc) is 2.15. The van der Waals surface area contributed by atoms with E-state index in [0.717, 1.165) is 12.8 Å². The monoisotopic (exact) mass is 243 g/mol. The van der Waals surface area contributed by atoms with E-state index in [9.17, 15) is 9.59 Å². The van der Waals surface area contributed by atoms with Crippen LogP contribution in [0.5, 0.6) is 0 Å². The number of aliphatic carboxylic acids is 1. The molecule has 1 aliphatic heterocycles. The first-order chi connectivity index (χ1) is 7.82. The zero-order chi connectivity index (χ0) is 13.1. The van der Waals surface area contributed by atoms with Crippen molar-refractivity contribution in [1.29, 1.82) is 0 Å². The minimum absolute atomic E-state index is 0.0421. The summed E-state index contributed by atoms with van der Waals surface area (Å²) in [7, 11) is 0. The van der Waals surface area contributed by atoms with Gasteiger partial charge in [0.15, 0.2) is 0 Å². The van der Waals surface area contributed by atoms with Crippen LogP contribution in [0.2, 0.25) is 0 Å². The van der Waals surface area contributed by atoms with Crippen molar-refractivity contribution in [2.45, 2.75) is 39.7 Å². The summed E-state index contributed by atoms with van der Waals surface area (Å²) in [6, 6.07) is 0.0421. The Labute approximate surface area is 102 Å². The van der Waals surface area contributed by atoms with E-state index < -0.39 is 23.2 Å². The fourth-order valence-electron chi connectivity index (χ4n) is 2.00. The minimum Gasteiger partial charge on any atom is -0.481 e. The number of nitrogens with one attached hydrogen (secondary N) is 1. The fraction of sp³-hybridized carbons (Fsp3) is 0.833. The number of carboxylic acids is 1. The van der Waals surface area contributed by atoms with Crippen LogP contribution in [0, 0.1) is 11.3 Å². The van der Waals surface area contributed by atoms with Crippen molar-refractivity contribution in [3.05, 3.63) is 0 Å². The molecule has 1 atom stereocenters. The van der Waals surface area contributed by atoms with E-state index >= 15 is 0 Å². The van der Waals surface area contributed by atoms with Crippen LogP contribution >= 0.6 is 0 Å². The molecule has 0 saturated carbocycles. The second kappa shape index (κ2) is 5.49. The summed E-state index contributed by atoms with van der Waals surface area (Å²) in [4.78, 5) is 23.1. The number of carbonyl (C=O) groups is 2. The minimum atomic E-state index is -1.07. The zero-order valence-electron chi connectivity index (χ0n) is 10.7. The molecule has 0 aliphatic carbocycles. The van der Waals surface area contributed by atoms with Crippen molar-refractivity contribution < 1.29 is 19.4 Å². The molecular weight excluding hydrogens is 222 g/mol. The smallest absolute Gasteiger partial charge is 0.316 e. The molecule has 0 aromatic heterocycles. The van der Waals surface area contributed by atoms with Crippen LogP contribution in [0.15, 0.2) is 0 Å². The maximum atomic E-state index is 12.0. The third-order valence-corrected chi connectivity index (χ3v) is 2.94. The van der Waals surface area contributed by atoms with Gasteiger partial charge in [-0.1, -0.05) is 20.8 Å². The number of ether oxygens (including phenoxy) is 1. The number of carbonyl (C=O) groups excluding carboxylic acids is 1. The Morgan fingerprint density at radius 2 is 1.82 bits per heavy atom. The number of carboxylic acid groups (broad SMARTS) is 1. The van der Waals surface area contributed by atoms with Crippen LogP contribution in [0.1, 0.15) is 33.6 Å². The molecule has 5 heteroatoms. The van der Waals surface area contributed by atoms with Crippen molar-refractivity contribution in [3.8, 4) is 0 Å². The van der Waals surface area contributed by atoms with Gasteiger partial charge in [0.25, 0.3) is 0 Å². The van der Waals surface area contributed by atoms with E-state index in [1.807, 2.05) is 0 Å². The fourth-order valence-corrected chi connectivity index (χ4v) is 2.00. The van der Waals surface area contributed by atoms with E-state index in [4.69, 9.17) is 9.84 Å². The number of hydrogen-bond donors (Lipinski definition) is 2. The summed E-state index contributed by atoms with van der Waals surface area (Å²) in [6.07, 6.45) is 1.50. The van der Waals surface area contributed by atoms with Crippen LogP contribution in [0.25, 0.3) is 0 Å². The lowest BCUT2D eigenvalue weighted by molar-refractivity contribution is -0.152. The molecule has 0 radical (unpaired) electrons. The van der Waals surface area contributed by atoms with Crippen molar-refractivity contribution in [2.24, 2.45) is 11.3 Å². The van der Waals surface area contributed by atoms with E-state index in [1.165, 1.54) is 0 Å². The standard InChI is InChI=1S/C12H21NO4/c1-12(2,3)9(11(15)16)10(14)13-8-4-6-17-7-5-8/h8-9H,4-7H2,1-3H3,(H,13,14)(H,15,16). The molecule has 0 bridgehead atoms. The Morgan fingerprint density at radius 1 is 1.29 bits per heavy atom. The topological polar surface area (TPSA) is 75.6 Å². The van der Waals surface area contributed by atoms with E-state index in [-0.39, 0.29) is 6.04 Å². The van der Waals surface area contributed by atoms with Crippen LogP contribution in [-0.4, -0.2) is 36.2 Å². The van der Waals surface area contributed by atoms with Gasteiger partial charge in [0.2, 0.25) is 5.91 Å². The summed E-state index contributed by atoms with van der Waals surface area (Å²) in [5, 5.41) is 11.9. The Hall–Kier alpha value is -1.10. The molecule has 5 nitrogen and oxygen atoms in total. The summed E-state index contributed by atoms with van der Waals surface area (Å²) < 4.78 is 5.19. The van der Waals surface area contributed by atoms with Gasteiger partial charge in [-0.2, -0.15) is 0 Å². The largest absolute Gasteiger partial charge is 0.481 e. The van der Waals surface area contributed by atoms with Gasteiger partial charge in [0.05, 0.1) is 0 Å². The van der Waals surface area contributed by atoms with Gasteiger partial charge in [-0.25, -0.2) is 0 Å². The molecule has 0 aromatic rings. The Balaban J connectivity index is 2.62. The highest BCUT2D eigenvalue weighted by atomic mass is 16.5. The van der Waals surface area contributed by atoms with Crippen LogP contribution in [0.4, 0.5) is 0 Å². The number of rotatable bonds is 3. The van der Waals surface area contributed by atoms with Crippen molar-refractivity contribution in [2.75, 3.05) is 13.2 Å². The van der Waals surface area contributed by atoms with E-state index in [0.29, 0.717) is 13.2 Å². The quantitative estimate of drug-likeness (QED) is 0.726. The predicted molar refractivity (Wildman–Crippen MR) is 62.6 cm³/mol. The van der Waals surface area contributed by atoms with Gasteiger partial charge < -0.3 is 15.2 Å². The molecule has 1 saturated heterocycles. The highest BCUT2D eigenvalue weighted by Gasteiger charge is 2.38. The number of hydrogen-bond acceptors (Lipinski definition) is 3. The van der Waals surface area contributed by atoms with Crippen LogP contribution < -0.4 is 5.32 Å². The van der Waals surface area contributed by atoms with Gasteiger partial charge >= 0.3 is 5.97 Å². The van der Waals surface area contributed by atoms with Gasteiger partial charge in [-0.05, 0) is 18.3 Å². The lowest BCUT2D eigenvalue weighted by atomic mass is 9.80. The summed E-state index contributed by atoms with van der Waals surface area (Å²) in [5.74, 6) is -2.47. The third kappa shape index (κ3) is 4.00. The van der Waals surface area contributed by atoms with E-state index in [1.54, 1.807) is 20.8 Å². The normalized spacial score (nSPS) is 19.7. The van der Waals surface area contributed by atoms with Gasteiger partial charge in [0, 0.05) is 19.3 Å². The molecule has 1 fully saturated rings. The molecule has 17 heavy (non-hydrogen) atoms. The van der Waals surface area contributed by atoms with Crippen molar-refractivity contribution >= 4 is 11.9 Å². The van der Waals surface area contributed by atoms with Gasteiger partial charge in [0.1, 0.15) is 5.92 Å². The lowest BCUT2D eigenvalue weighted by Crippen LogP contribution is -2.47. The van der Waals surface area contributed by atoms with Crippen molar-refractivity contribution in [3.63, 3.8) is 0 Å². The second-order valence-corrected chi connectivity index (χ2v) is 5.53. The summed E-state index contributed by atoms with van der Waals surface area (Å²) in [5.41, 5.74) is -0.582. The molecule has 1 rings (SSSR count). The predicted octanol–water partition coefficient (Wildman–Crippen LogP) is 1.03. The van der Waals surface area contributed by atoms with Crippen LogP contribution in [0.3, 0.4) is 0 Å². The number of amides is 1. The molecule has 0 aromatic carbocycles. The highest BCUT2D eigenvalue weighted by Crippen LogP contribution is 2.26.